The molecule has 1 amide bonds. The zero-order valence-electron chi connectivity index (χ0n) is 12.6. The Kier molecular flexibility index (Phi) is 5.72. The molecule has 0 saturated heterocycles. The number of carbonyl (C=O) groups excluding carboxylic acids is 1. The molecular formula is C15H21NO5. The third kappa shape index (κ3) is 6.27. The first-order valence-electron chi connectivity index (χ1n) is 6.62. The molecule has 2 atom stereocenters. The van der Waals surface area contributed by atoms with Crippen LogP contribution in [0.5, 0.6) is 0 Å². The minimum absolute atomic E-state index is 0.636. The van der Waals surface area contributed by atoms with Crippen LogP contribution >= 0.6 is 0 Å². The summed E-state index contributed by atoms with van der Waals surface area (Å²) in [5, 5.41) is 11.5. The van der Waals surface area contributed by atoms with Gasteiger partial charge in [0.25, 0.3) is 0 Å². The maximum atomic E-state index is 11.8. The van der Waals surface area contributed by atoms with E-state index in [-0.39, 0.29) is 0 Å². The third-order valence-corrected chi connectivity index (χ3v) is 2.44. The van der Waals surface area contributed by atoms with Gasteiger partial charge >= 0.3 is 12.1 Å². The van der Waals surface area contributed by atoms with E-state index in [1.165, 1.54) is 6.92 Å². The van der Waals surface area contributed by atoms with E-state index in [1.54, 1.807) is 45.0 Å². The number of ether oxygens (including phenoxy) is 2. The van der Waals surface area contributed by atoms with Crippen LogP contribution in [-0.2, 0) is 14.3 Å². The molecule has 0 aliphatic rings. The van der Waals surface area contributed by atoms with Crippen LogP contribution in [0.2, 0.25) is 0 Å². The molecule has 0 spiro atoms. The van der Waals surface area contributed by atoms with E-state index in [9.17, 15) is 9.59 Å². The lowest BCUT2D eigenvalue weighted by atomic mass is 10.2. The van der Waals surface area contributed by atoms with Crippen molar-refractivity contribution in [3.8, 4) is 0 Å². The monoisotopic (exact) mass is 295 g/mol. The van der Waals surface area contributed by atoms with Gasteiger partial charge in [-0.2, -0.15) is 0 Å². The molecule has 6 nitrogen and oxygen atoms in total. The summed E-state index contributed by atoms with van der Waals surface area (Å²) in [5.41, 5.74) is -0.0135. The van der Waals surface area contributed by atoms with Gasteiger partial charge in [-0.05, 0) is 27.7 Å². The van der Waals surface area contributed by atoms with Gasteiger partial charge in [-0.15, -0.1) is 0 Å². The Hall–Kier alpha value is -2.08. The van der Waals surface area contributed by atoms with Crippen LogP contribution in [0.3, 0.4) is 0 Å². The van der Waals surface area contributed by atoms with Crippen LogP contribution in [0.1, 0.15) is 39.5 Å². The molecular weight excluding hydrogens is 274 g/mol. The Bertz CT molecular complexity index is 481. The summed E-state index contributed by atoms with van der Waals surface area (Å²) in [7, 11) is 0. The summed E-state index contributed by atoms with van der Waals surface area (Å²) in [5.74, 6) is -1.11. The molecule has 0 fully saturated rings. The van der Waals surface area contributed by atoms with E-state index < -0.39 is 30.0 Å². The molecule has 1 aromatic carbocycles. The van der Waals surface area contributed by atoms with Crippen molar-refractivity contribution < 1.29 is 24.2 Å². The number of rotatable bonds is 5. The quantitative estimate of drug-likeness (QED) is 0.816. The average molecular weight is 295 g/mol. The SMILES string of the molecule is CC(OC(NC(=O)OC(C)(C)C)c1ccccc1)C(=O)O. The first kappa shape index (κ1) is 17.0. The molecule has 0 aromatic heterocycles. The maximum Gasteiger partial charge on any atom is 0.409 e. The highest BCUT2D eigenvalue weighted by Crippen LogP contribution is 2.17. The molecule has 0 radical (unpaired) electrons. The molecule has 116 valence electrons. The van der Waals surface area contributed by atoms with Gasteiger partial charge in [0.15, 0.2) is 12.3 Å². The van der Waals surface area contributed by atoms with Crippen molar-refractivity contribution >= 4 is 12.1 Å². The summed E-state index contributed by atoms with van der Waals surface area (Å²) >= 11 is 0. The van der Waals surface area contributed by atoms with Gasteiger partial charge in [0.1, 0.15) is 5.60 Å². The summed E-state index contributed by atoms with van der Waals surface area (Å²) in [4.78, 5) is 22.7. The number of benzene rings is 1. The van der Waals surface area contributed by atoms with Crippen molar-refractivity contribution in [2.75, 3.05) is 0 Å². The third-order valence-electron chi connectivity index (χ3n) is 2.44. The lowest BCUT2D eigenvalue weighted by Gasteiger charge is -2.25. The van der Waals surface area contributed by atoms with Crippen LogP contribution < -0.4 is 5.32 Å². The molecule has 0 aliphatic heterocycles. The predicted molar refractivity (Wildman–Crippen MR) is 76.7 cm³/mol. The van der Waals surface area contributed by atoms with Gasteiger partial charge in [-0.1, -0.05) is 30.3 Å². The molecule has 1 aromatic rings. The lowest BCUT2D eigenvalue weighted by molar-refractivity contribution is -0.154. The zero-order chi connectivity index (χ0) is 16.0. The van der Waals surface area contributed by atoms with Gasteiger partial charge in [-0.3, -0.25) is 5.32 Å². The topological polar surface area (TPSA) is 84.9 Å². The van der Waals surface area contributed by atoms with Crippen LogP contribution in [0.15, 0.2) is 30.3 Å². The Labute approximate surface area is 124 Å². The van der Waals surface area contributed by atoms with E-state index in [2.05, 4.69) is 5.32 Å². The lowest BCUT2D eigenvalue weighted by Crippen LogP contribution is -2.38. The minimum atomic E-state index is -1.11. The minimum Gasteiger partial charge on any atom is -0.479 e. The number of amides is 1. The Balaban J connectivity index is 2.82. The van der Waals surface area contributed by atoms with Gasteiger partial charge in [0.05, 0.1) is 0 Å². The second-order valence-corrected chi connectivity index (χ2v) is 5.55. The largest absolute Gasteiger partial charge is 0.479 e. The highest BCUT2D eigenvalue weighted by atomic mass is 16.6. The number of nitrogens with one attached hydrogen (secondary N) is 1. The maximum absolute atomic E-state index is 11.8. The standard InChI is InChI=1S/C15H21NO5/c1-10(13(17)18)20-12(11-8-6-5-7-9-11)16-14(19)21-15(2,3)4/h5-10,12H,1-4H3,(H,16,19)(H,17,18). The number of carbonyl (C=O) groups is 2. The van der Waals surface area contributed by atoms with E-state index in [0.29, 0.717) is 5.56 Å². The van der Waals surface area contributed by atoms with Gasteiger partial charge in [0, 0.05) is 5.56 Å². The van der Waals surface area contributed by atoms with Crippen molar-refractivity contribution in [3.05, 3.63) is 35.9 Å². The molecule has 2 unspecified atom stereocenters. The van der Waals surface area contributed by atoms with Crippen LogP contribution in [0, 0.1) is 0 Å². The van der Waals surface area contributed by atoms with Gasteiger partial charge in [-0.25, -0.2) is 9.59 Å². The fourth-order valence-corrected chi connectivity index (χ4v) is 1.50. The highest BCUT2D eigenvalue weighted by molar-refractivity contribution is 5.72. The number of hydrogen-bond donors (Lipinski definition) is 2. The number of carboxylic acids is 1. The van der Waals surface area contributed by atoms with E-state index in [1.807, 2.05) is 6.07 Å². The molecule has 21 heavy (non-hydrogen) atoms. The number of aliphatic carboxylic acids is 1. The Morgan fingerprint density at radius 2 is 1.76 bits per heavy atom. The molecule has 0 aliphatic carbocycles. The second kappa shape index (κ2) is 7.08. The summed E-state index contributed by atoms with van der Waals surface area (Å²) in [6.07, 6.45) is -2.63. The van der Waals surface area contributed by atoms with Crippen LogP contribution in [0.4, 0.5) is 4.79 Å². The zero-order valence-corrected chi connectivity index (χ0v) is 12.6. The average Bonchev–Trinajstić information content (AvgIpc) is 2.36. The summed E-state index contributed by atoms with van der Waals surface area (Å²) < 4.78 is 10.5. The normalized spacial score (nSPS) is 14.1. The van der Waals surface area contributed by atoms with E-state index >= 15 is 0 Å². The van der Waals surface area contributed by atoms with Crippen LogP contribution in [-0.4, -0.2) is 28.9 Å². The Morgan fingerprint density at radius 3 is 2.24 bits per heavy atom. The Morgan fingerprint density at radius 1 is 1.19 bits per heavy atom. The highest BCUT2D eigenvalue weighted by Gasteiger charge is 2.24. The smallest absolute Gasteiger partial charge is 0.409 e. The molecule has 2 N–H and O–H groups in total. The number of carboxylic acid groups (broad SMARTS) is 1. The van der Waals surface area contributed by atoms with Crippen molar-refractivity contribution in [2.45, 2.75) is 45.6 Å². The molecule has 0 saturated carbocycles. The van der Waals surface area contributed by atoms with Crippen LogP contribution in [0.25, 0.3) is 0 Å². The van der Waals surface area contributed by atoms with Crippen molar-refractivity contribution in [3.63, 3.8) is 0 Å². The number of hydrogen-bond acceptors (Lipinski definition) is 4. The molecule has 6 heteroatoms. The molecule has 0 bridgehead atoms. The fraction of sp³-hybridized carbons (Fsp3) is 0.467. The molecule has 0 heterocycles. The first-order chi connectivity index (χ1) is 9.69. The fourth-order valence-electron chi connectivity index (χ4n) is 1.50. The summed E-state index contributed by atoms with van der Waals surface area (Å²) in [6.45, 7) is 6.62. The van der Waals surface area contributed by atoms with Crippen molar-refractivity contribution in [1.82, 2.24) is 5.32 Å². The number of alkyl carbamates (subject to hydrolysis) is 1. The predicted octanol–water partition coefficient (Wildman–Crippen LogP) is 2.70. The van der Waals surface area contributed by atoms with Crippen molar-refractivity contribution in [1.29, 1.82) is 0 Å². The van der Waals surface area contributed by atoms with E-state index in [4.69, 9.17) is 14.6 Å². The van der Waals surface area contributed by atoms with Gasteiger partial charge in [0.2, 0.25) is 0 Å². The van der Waals surface area contributed by atoms with Crippen molar-refractivity contribution in [2.24, 2.45) is 0 Å². The van der Waals surface area contributed by atoms with Gasteiger partial charge < -0.3 is 14.6 Å². The first-order valence-corrected chi connectivity index (χ1v) is 6.62. The van der Waals surface area contributed by atoms with E-state index in [0.717, 1.165) is 0 Å². The second-order valence-electron chi connectivity index (χ2n) is 5.55. The summed E-state index contributed by atoms with van der Waals surface area (Å²) in [6, 6.07) is 8.82. The molecule has 1 rings (SSSR count).